The van der Waals surface area contributed by atoms with Crippen LogP contribution in [0, 0.1) is 0 Å². The van der Waals surface area contributed by atoms with Crippen molar-refractivity contribution in [2.45, 2.75) is 58.0 Å². The summed E-state index contributed by atoms with van der Waals surface area (Å²) in [7, 11) is 1.67. The highest BCUT2D eigenvalue weighted by Crippen LogP contribution is 2.28. The molecule has 2 aromatic rings. The molecule has 7 nitrogen and oxygen atoms in total. The summed E-state index contributed by atoms with van der Waals surface area (Å²) in [5.41, 5.74) is 1.13. The predicted molar refractivity (Wildman–Crippen MR) is 135 cm³/mol. The summed E-state index contributed by atoms with van der Waals surface area (Å²) in [6, 6.07) is 10.6. The Morgan fingerprint density at radius 2 is 1.75 bits per heavy atom. The number of ether oxygens (including phenoxy) is 1. The Hall–Kier alpha value is -2.61. The third-order valence-corrected chi connectivity index (χ3v) is 6.56. The molecule has 1 unspecified atom stereocenters. The maximum atomic E-state index is 5.55. The van der Waals surface area contributed by atoms with E-state index in [0.717, 1.165) is 42.6 Å². The average Bonchev–Trinajstić information content (AvgIpc) is 2.83. The van der Waals surface area contributed by atoms with Crippen molar-refractivity contribution >= 4 is 34.9 Å². The summed E-state index contributed by atoms with van der Waals surface area (Å²) in [5.74, 6) is 3.39. The van der Waals surface area contributed by atoms with Gasteiger partial charge < -0.3 is 25.2 Å². The average molecular weight is 455 g/mol. The van der Waals surface area contributed by atoms with E-state index in [1.54, 1.807) is 7.11 Å². The van der Waals surface area contributed by atoms with E-state index < -0.39 is 0 Å². The molecule has 2 aliphatic rings. The zero-order valence-electron chi connectivity index (χ0n) is 19.1. The molecule has 0 saturated carbocycles. The van der Waals surface area contributed by atoms with Gasteiger partial charge in [0.15, 0.2) is 5.11 Å². The largest absolute Gasteiger partial charge is 0.497 e. The number of anilines is 3. The fourth-order valence-corrected chi connectivity index (χ4v) is 4.58. The van der Waals surface area contributed by atoms with E-state index in [1.165, 1.54) is 38.5 Å². The number of nitrogens with zero attached hydrogens (tertiary/aromatic N) is 4. The van der Waals surface area contributed by atoms with Crippen molar-refractivity contribution in [3.05, 3.63) is 35.9 Å². The molecule has 2 fully saturated rings. The lowest BCUT2D eigenvalue weighted by Gasteiger charge is -2.35. The molecule has 1 aromatic carbocycles. The molecule has 8 heteroatoms. The number of hydrogen-bond acceptors (Lipinski definition) is 6. The second-order valence-electron chi connectivity index (χ2n) is 8.65. The van der Waals surface area contributed by atoms with E-state index in [-0.39, 0.29) is 0 Å². The van der Waals surface area contributed by atoms with Crippen LogP contribution in [-0.4, -0.2) is 47.9 Å². The number of thiocarbonyl (C=S) groups is 1. The lowest BCUT2D eigenvalue weighted by Crippen LogP contribution is -2.39. The number of benzene rings is 1. The lowest BCUT2D eigenvalue weighted by molar-refractivity contribution is 0.414. The second-order valence-corrected chi connectivity index (χ2v) is 9.06. The summed E-state index contributed by atoms with van der Waals surface area (Å²) in [6.45, 7) is 6.04. The number of nitrogens with one attached hydrogen (secondary N) is 2. The van der Waals surface area contributed by atoms with Gasteiger partial charge >= 0.3 is 0 Å². The number of aromatic nitrogens is 2. The van der Waals surface area contributed by atoms with Gasteiger partial charge in [0.2, 0.25) is 5.95 Å². The molecule has 4 rings (SSSR count). The van der Waals surface area contributed by atoms with E-state index >= 15 is 0 Å². The van der Waals surface area contributed by atoms with E-state index in [1.807, 2.05) is 24.3 Å². The highest BCUT2D eigenvalue weighted by Gasteiger charge is 2.23. The molecule has 2 aliphatic heterocycles. The van der Waals surface area contributed by atoms with Crippen molar-refractivity contribution in [3.63, 3.8) is 0 Å². The van der Waals surface area contributed by atoms with Crippen LogP contribution in [0.3, 0.4) is 0 Å². The molecule has 2 saturated heterocycles. The molecule has 3 heterocycles. The van der Waals surface area contributed by atoms with Gasteiger partial charge in [0, 0.05) is 38.3 Å². The van der Waals surface area contributed by atoms with Gasteiger partial charge in [0.1, 0.15) is 17.4 Å². The Labute approximate surface area is 196 Å². The standard InChI is InChI=1S/C24H34N6OS/c1-18-8-4-7-15-30(18)22-16-21(29-13-5-3-6-14-29)26-23(27-22)28-24(32)25-17-19-9-11-20(31-2)12-10-19/h9-12,16,18H,3-8,13-15,17H2,1-2H3,(H2,25,26,27,28,32). The van der Waals surface area contributed by atoms with Crippen LogP contribution in [0.15, 0.2) is 30.3 Å². The number of methoxy groups -OCH3 is 1. The monoisotopic (exact) mass is 454 g/mol. The summed E-state index contributed by atoms with van der Waals surface area (Å²) >= 11 is 5.55. The van der Waals surface area contributed by atoms with Crippen LogP contribution < -0.4 is 25.2 Å². The van der Waals surface area contributed by atoms with Gasteiger partial charge in [-0.2, -0.15) is 9.97 Å². The van der Waals surface area contributed by atoms with E-state index in [4.69, 9.17) is 26.9 Å². The quantitative estimate of drug-likeness (QED) is 0.625. The van der Waals surface area contributed by atoms with Crippen LogP contribution in [0.25, 0.3) is 0 Å². The van der Waals surface area contributed by atoms with Crippen molar-refractivity contribution in [1.29, 1.82) is 0 Å². The third kappa shape index (κ3) is 5.79. The smallest absolute Gasteiger partial charge is 0.232 e. The normalized spacial score (nSPS) is 18.9. The maximum absolute atomic E-state index is 5.55. The molecule has 0 amide bonds. The molecule has 0 bridgehead atoms. The molecule has 1 atom stereocenters. The van der Waals surface area contributed by atoms with Crippen molar-refractivity contribution in [1.82, 2.24) is 15.3 Å². The fraction of sp³-hybridized carbons (Fsp3) is 0.542. The van der Waals surface area contributed by atoms with Crippen LogP contribution >= 0.6 is 12.2 Å². The SMILES string of the molecule is COc1ccc(CNC(=S)Nc2nc(N3CCCCC3)cc(N3CCCCC3C)n2)cc1. The van der Waals surface area contributed by atoms with E-state index in [2.05, 4.69) is 33.4 Å². The molecule has 2 N–H and O–H groups in total. The van der Waals surface area contributed by atoms with Crippen molar-refractivity contribution in [3.8, 4) is 5.75 Å². The van der Waals surface area contributed by atoms with Gasteiger partial charge in [0.25, 0.3) is 0 Å². The van der Waals surface area contributed by atoms with Gasteiger partial charge in [0.05, 0.1) is 7.11 Å². The first-order valence-electron chi connectivity index (χ1n) is 11.7. The first-order valence-corrected chi connectivity index (χ1v) is 12.1. The summed E-state index contributed by atoms with van der Waals surface area (Å²) < 4.78 is 5.22. The molecule has 32 heavy (non-hydrogen) atoms. The summed E-state index contributed by atoms with van der Waals surface area (Å²) in [6.07, 6.45) is 7.41. The minimum Gasteiger partial charge on any atom is -0.497 e. The Morgan fingerprint density at radius 3 is 2.47 bits per heavy atom. The Balaban J connectivity index is 1.48. The first kappa shape index (κ1) is 22.6. The molecule has 0 aliphatic carbocycles. The number of rotatable bonds is 6. The molecule has 172 valence electrons. The van der Waals surface area contributed by atoms with E-state index in [0.29, 0.717) is 23.6 Å². The van der Waals surface area contributed by atoms with Crippen LogP contribution in [0.2, 0.25) is 0 Å². The Kier molecular flexibility index (Phi) is 7.63. The minimum absolute atomic E-state index is 0.487. The fourth-order valence-electron chi connectivity index (χ4n) is 4.42. The molecular weight excluding hydrogens is 420 g/mol. The molecule has 1 aromatic heterocycles. The van der Waals surface area contributed by atoms with Crippen molar-refractivity contribution in [2.75, 3.05) is 41.9 Å². The van der Waals surface area contributed by atoms with Crippen molar-refractivity contribution < 1.29 is 4.74 Å². The zero-order chi connectivity index (χ0) is 22.3. The summed E-state index contributed by atoms with van der Waals surface area (Å²) in [5, 5.41) is 7.02. The van der Waals surface area contributed by atoms with Gasteiger partial charge in [-0.05, 0) is 75.4 Å². The number of piperidine rings is 2. The zero-order valence-corrected chi connectivity index (χ0v) is 20.0. The predicted octanol–water partition coefficient (Wildman–Crippen LogP) is 4.34. The van der Waals surface area contributed by atoms with E-state index in [9.17, 15) is 0 Å². The van der Waals surface area contributed by atoms with Crippen LogP contribution in [0.1, 0.15) is 51.0 Å². The maximum Gasteiger partial charge on any atom is 0.232 e. The molecular formula is C24H34N6OS. The highest BCUT2D eigenvalue weighted by atomic mass is 32.1. The lowest BCUT2D eigenvalue weighted by atomic mass is 10.0. The summed E-state index contributed by atoms with van der Waals surface area (Å²) in [4.78, 5) is 14.5. The van der Waals surface area contributed by atoms with Crippen LogP contribution in [0.4, 0.5) is 17.6 Å². The Bertz CT molecular complexity index is 900. The van der Waals surface area contributed by atoms with Crippen LogP contribution in [-0.2, 0) is 6.54 Å². The second kappa shape index (κ2) is 10.8. The topological polar surface area (TPSA) is 65.6 Å². The highest BCUT2D eigenvalue weighted by molar-refractivity contribution is 7.80. The molecule has 0 spiro atoms. The number of hydrogen-bond donors (Lipinski definition) is 2. The van der Waals surface area contributed by atoms with Crippen LogP contribution in [0.5, 0.6) is 5.75 Å². The minimum atomic E-state index is 0.487. The third-order valence-electron chi connectivity index (χ3n) is 6.31. The van der Waals surface area contributed by atoms with Gasteiger partial charge in [-0.15, -0.1) is 0 Å². The van der Waals surface area contributed by atoms with Crippen molar-refractivity contribution in [2.24, 2.45) is 0 Å². The molecule has 0 radical (unpaired) electrons. The Morgan fingerprint density at radius 1 is 1.03 bits per heavy atom. The van der Waals surface area contributed by atoms with Gasteiger partial charge in [-0.1, -0.05) is 12.1 Å². The first-order chi connectivity index (χ1) is 15.6. The van der Waals surface area contributed by atoms with Gasteiger partial charge in [-0.3, -0.25) is 0 Å². The van der Waals surface area contributed by atoms with Gasteiger partial charge in [-0.25, -0.2) is 0 Å².